The number of thioether (sulfide) groups is 2. The van der Waals surface area contributed by atoms with Gasteiger partial charge in [-0.25, -0.2) is 9.97 Å². The van der Waals surface area contributed by atoms with E-state index in [0.717, 1.165) is 36.2 Å². The van der Waals surface area contributed by atoms with E-state index in [1.165, 1.54) is 20.5 Å². The Labute approximate surface area is 190 Å². The maximum Gasteiger partial charge on any atom is 0.151 e. The molecule has 29 heavy (non-hydrogen) atoms. The lowest BCUT2D eigenvalue weighted by molar-refractivity contribution is 1.27. The third-order valence-corrected chi connectivity index (χ3v) is 9.06. The van der Waals surface area contributed by atoms with Crippen LogP contribution in [0.15, 0.2) is 75.4 Å². The number of halogens is 1. The molecule has 0 bridgehead atoms. The van der Waals surface area contributed by atoms with Crippen LogP contribution in [-0.2, 0) is 11.5 Å². The molecule has 0 atom stereocenters. The van der Waals surface area contributed by atoms with Crippen molar-refractivity contribution in [1.29, 1.82) is 0 Å². The highest BCUT2D eigenvalue weighted by atomic mass is 35.5. The zero-order valence-corrected chi connectivity index (χ0v) is 19.2. The molecule has 0 aliphatic rings. The molecule has 0 N–H and O–H groups in total. The van der Waals surface area contributed by atoms with Crippen LogP contribution < -0.4 is 0 Å². The molecule has 0 saturated heterocycles. The van der Waals surface area contributed by atoms with Crippen LogP contribution in [0.2, 0.25) is 5.02 Å². The van der Waals surface area contributed by atoms with E-state index >= 15 is 0 Å². The van der Waals surface area contributed by atoms with Gasteiger partial charge in [0.05, 0.1) is 20.4 Å². The van der Waals surface area contributed by atoms with E-state index in [0.29, 0.717) is 0 Å². The van der Waals surface area contributed by atoms with Crippen molar-refractivity contribution in [2.75, 3.05) is 0 Å². The minimum Gasteiger partial charge on any atom is -0.230 e. The second-order valence-corrected chi connectivity index (χ2v) is 11.4. The maximum atomic E-state index is 6.07. The average Bonchev–Trinajstić information content (AvgIpc) is 3.34. The number of hydrogen-bond donors (Lipinski definition) is 0. The van der Waals surface area contributed by atoms with E-state index in [1.807, 2.05) is 24.3 Å². The molecule has 0 unspecified atom stereocenters. The normalized spacial score (nSPS) is 11.5. The Bertz CT molecular complexity index is 1260. The number of aromatic nitrogens is 2. The number of thiazole rings is 2. The van der Waals surface area contributed by atoms with Crippen LogP contribution in [0.4, 0.5) is 0 Å². The lowest BCUT2D eigenvalue weighted by Crippen LogP contribution is -1.85. The summed E-state index contributed by atoms with van der Waals surface area (Å²) >= 11 is 13.1. The van der Waals surface area contributed by atoms with E-state index in [2.05, 4.69) is 42.5 Å². The Hall–Kier alpha value is -1.57. The van der Waals surface area contributed by atoms with Gasteiger partial charge in [-0.05, 0) is 41.5 Å². The van der Waals surface area contributed by atoms with Gasteiger partial charge in [0.15, 0.2) is 8.68 Å². The second-order valence-electron chi connectivity index (χ2n) is 6.44. The quantitative estimate of drug-likeness (QED) is 0.234. The molecule has 7 heteroatoms. The fourth-order valence-electron chi connectivity index (χ4n) is 2.95. The van der Waals surface area contributed by atoms with Gasteiger partial charge in [-0.1, -0.05) is 71.5 Å². The SMILES string of the molecule is Clc1ccc2sc(SCc3cccc(CSc4nc5ccccc5s4)c3)nc2c1. The molecule has 5 aromatic rings. The Morgan fingerprint density at radius 2 is 1.34 bits per heavy atom. The predicted molar refractivity (Wildman–Crippen MR) is 130 cm³/mol. The number of fused-ring (bicyclic) bond motifs is 2. The van der Waals surface area contributed by atoms with E-state index in [-0.39, 0.29) is 0 Å². The van der Waals surface area contributed by atoms with Crippen molar-refractivity contribution < 1.29 is 0 Å². The van der Waals surface area contributed by atoms with Crippen molar-refractivity contribution in [2.24, 2.45) is 0 Å². The van der Waals surface area contributed by atoms with Gasteiger partial charge in [0.25, 0.3) is 0 Å². The molecule has 144 valence electrons. The highest BCUT2D eigenvalue weighted by molar-refractivity contribution is 8.00. The Morgan fingerprint density at radius 3 is 2.07 bits per heavy atom. The van der Waals surface area contributed by atoms with Crippen molar-refractivity contribution in [3.8, 4) is 0 Å². The summed E-state index contributed by atoms with van der Waals surface area (Å²) in [4.78, 5) is 9.41. The Morgan fingerprint density at radius 1 is 0.690 bits per heavy atom. The van der Waals surface area contributed by atoms with Crippen LogP contribution in [0.25, 0.3) is 20.4 Å². The van der Waals surface area contributed by atoms with Crippen LogP contribution in [0.1, 0.15) is 11.1 Å². The topological polar surface area (TPSA) is 25.8 Å². The summed E-state index contributed by atoms with van der Waals surface area (Å²) in [6, 6.07) is 23.0. The molecule has 2 nitrogen and oxygen atoms in total. The largest absolute Gasteiger partial charge is 0.230 e. The van der Waals surface area contributed by atoms with Gasteiger partial charge in [0, 0.05) is 16.5 Å². The summed E-state index contributed by atoms with van der Waals surface area (Å²) in [5.41, 5.74) is 4.70. The summed E-state index contributed by atoms with van der Waals surface area (Å²) in [6.07, 6.45) is 0. The first-order valence-electron chi connectivity index (χ1n) is 8.98. The van der Waals surface area contributed by atoms with Gasteiger partial charge in [-0.2, -0.15) is 0 Å². The van der Waals surface area contributed by atoms with Gasteiger partial charge in [-0.3, -0.25) is 0 Å². The first kappa shape index (κ1) is 19.4. The first-order chi connectivity index (χ1) is 14.2. The molecule has 2 heterocycles. The molecule has 0 aliphatic carbocycles. The number of benzene rings is 3. The maximum absolute atomic E-state index is 6.07. The third-order valence-electron chi connectivity index (χ3n) is 4.32. The summed E-state index contributed by atoms with van der Waals surface area (Å²) in [5, 5.41) is 0.734. The van der Waals surface area contributed by atoms with Crippen LogP contribution in [0.5, 0.6) is 0 Å². The number of rotatable bonds is 6. The van der Waals surface area contributed by atoms with Gasteiger partial charge in [0.2, 0.25) is 0 Å². The van der Waals surface area contributed by atoms with Gasteiger partial charge in [-0.15, -0.1) is 22.7 Å². The van der Waals surface area contributed by atoms with Crippen molar-refractivity contribution >= 4 is 78.2 Å². The van der Waals surface area contributed by atoms with Crippen LogP contribution in [0, 0.1) is 0 Å². The van der Waals surface area contributed by atoms with Crippen LogP contribution in [-0.4, -0.2) is 9.97 Å². The van der Waals surface area contributed by atoms with E-state index in [1.54, 1.807) is 46.2 Å². The fourth-order valence-corrected chi connectivity index (χ4v) is 7.12. The first-order valence-corrected chi connectivity index (χ1v) is 13.0. The monoisotopic (exact) mass is 470 g/mol. The summed E-state index contributed by atoms with van der Waals surface area (Å²) in [7, 11) is 0. The lowest BCUT2D eigenvalue weighted by atomic mass is 10.2. The molecule has 0 amide bonds. The van der Waals surface area contributed by atoms with Crippen molar-refractivity contribution in [1.82, 2.24) is 9.97 Å². The van der Waals surface area contributed by atoms with Crippen LogP contribution >= 0.6 is 57.8 Å². The average molecular weight is 471 g/mol. The van der Waals surface area contributed by atoms with Gasteiger partial charge in [0.1, 0.15) is 0 Å². The molecular weight excluding hydrogens is 456 g/mol. The molecule has 0 radical (unpaired) electrons. The summed E-state index contributed by atoms with van der Waals surface area (Å²) < 4.78 is 4.63. The zero-order valence-electron chi connectivity index (χ0n) is 15.2. The highest BCUT2D eigenvalue weighted by Crippen LogP contribution is 2.34. The minimum absolute atomic E-state index is 0.734. The van der Waals surface area contributed by atoms with Gasteiger partial charge >= 0.3 is 0 Å². The highest BCUT2D eigenvalue weighted by Gasteiger charge is 2.07. The third kappa shape index (κ3) is 4.62. The minimum atomic E-state index is 0.734. The molecule has 3 aromatic carbocycles. The second kappa shape index (κ2) is 8.66. The van der Waals surface area contributed by atoms with E-state index < -0.39 is 0 Å². The number of hydrogen-bond acceptors (Lipinski definition) is 6. The fraction of sp³-hybridized carbons (Fsp3) is 0.0909. The summed E-state index contributed by atoms with van der Waals surface area (Å²) in [5.74, 6) is 1.84. The standard InChI is InChI=1S/C22H15ClN2S4/c23-16-8-9-20-18(11-16)25-22(29-20)27-13-15-5-3-4-14(10-15)12-26-21-24-17-6-1-2-7-19(17)28-21/h1-11H,12-13H2. The number of nitrogens with zero attached hydrogens (tertiary/aromatic N) is 2. The molecule has 5 rings (SSSR count). The van der Waals surface area contributed by atoms with E-state index in [4.69, 9.17) is 21.6 Å². The Balaban J connectivity index is 1.24. The molecule has 0 fully saturated rings. The Kier molecular flexibility index (Phi) is 5.79. The van der Waals surface area contributed by atoms with Crippen LogP contribution in [0.3, 0.4) is 0 Å². The van der Waals surface area contributed by atoms with Crippen molar-refractivity contribution in [3.05, 3.63) is 82.9 Å². The van der Waals surface area contributed by atoms with Gasteiger partial charge < -0.3 is 0 Å². The molecular formula is C22H15ClN2S4. The molecule has 2 aromatic heterocycles. The van der Waals surface area contributed by atoms with Crippen molar-refractivity contribution in [2.45, 2.75) is 20.2 Å². The summed E-state index contributed by atoms with van der Waals surface area (Å²) in [6.45, 7) is 0. The molecule has 0 spiro atoms. The number of para-hydroxylation sites is 1. The predicted octanol–water partition coefficient (Wildman–Crippen LogP) is 8.14. The zero-order chi connectivity index (χ0) is 19.6. The van der Waals surface area contributed by atoms with E-state index in [9.17, 15) is 0 Å². The molecule has 0 saturated carbocycles. The molecule has 0 aliphatic heterocycles. The lowest BCUT2D eigenvalue weighted by Gasteiger charge is -2.03. The van der Waals surface area contributed by atoms with Crippen molar-refractivity contribution in [3.63, 3.8) is 0 Å². The smallest absolute Gasteiger partial charge is 0.151 e.